The third-order valence-electron chi connectivity index (χ3n) is 2.67. The van der Waals surface area contributed by atoms with Crippen LogP contribution >= 0.6 is 15.9 Å². The van der Waals surface area contributed by atoms with Crippen molar-refractivity contribution in [2.24, 2.45) is 0 Å². The summed E-state index contributed by atoms with van der Waals surface area (Å²) in [5.74, 6) is 0.500. The van der Waals surface area contributed by atoms with Gasteiger partial charge in [-0.3, -0.25) is 10.2 Å². The van der Waals surface area contributed by atoms with Gasteiger partial charge in [0.05, 0.1) is 5.56 Å². The third kappa shape index (κ3) is 4.23. The fraction of sp³-hybridized carbons (Fsp3) is 0.0667. The predicted molar refractivity (Wildman–Crippen MR) is 85.7 cm³/mol. The first-order chi connectivity index (χ1) is 10.6. The zero-order valence-corrected chi connectivity index (χ0v) is 13.3. The van der Waals surface area contributed by atoms with Crippen LogP contribution in [0.25, 0.3) is 0 Å². The van der Waals surface area contributed by atoms with Gasteiger partial charge in [-0.15, -0.1) is 0 Å². The summed E-state index contributed by atoms with van der Waals surface area (Å²) in [6, 6.07) is 13.5. The van der Waals surface area contributed by atoms with Crippen molar-refractivity contribution in [1.29, 1.82) is 0 Å². The van der Waals surface area contributed by atoms with Crippen molar-refractivity contribution in [3.05, 3.63) is 58.6 Å². The number of hydrazine groups is 1. The fourth-order valence-corrected chi connectivity index (χ4v) is 2.02. The Balaban J connectivity index is 2.16. The highest BCUT2D eigenvalue weighted by Crippen LogP contribution is 2.27. The number of hydrogen-bond donors (Lipinski definition) is 3. The number of para-hydroxylation sites is 1. The molecule has 2 aromatic rings. The number of carbonyl (C=O) groups excluding carboxylic acids is 2. The van der Waals surface area contributed by atoms with Gasteiger partial charge in [0, 0.05) is 11.5 Å². The Morgan fingerprint density at radius 1 is 1.05 bits per heavy atom. The Hall–Kier alpha value is -2.54. The minimum Gasteiger partial charge on any atom is -0.456 e. The average Bonchev–Trinajstić information content (AvgIpc) is 2.53. The summed E-state index contributed by atoms with van der Waals surface area (Å²) in [6.07, 6.45) is 0. The SMILES string of the molecule is CNC(=O)NNC(=O)c1ccccc1Oc1cccc(Br)c1. The van der Waals surface area contributed by atoms with Crippen LogP contribution < -0.4 is 20.9 Å². The molecule has 0 bridgehead atoms. The van der Waals surface area contributed by atoms with Crippen LogP contribution in [-0.2, 0) is 0 Å². The number of halogens is 1. The van der Waals surface area contributed by atoms with E-state index in [2.05, 4.69) is 32.1 Å². The van der Waals surface area contributed by atoms with Crippen molar-refractivity contribution in [3.8, 4) is 11.5 Å². The first kappa shape index (κ1) is 15.8. The summed E-state index contributed by atoms with van der Waals surface area (Å²) in [7, 11) is 1.45. The number of carbonyl (C=O) groups is 2. The highest BCUT2D eigenvalue weighted by atomic mass is 79.9. The molecule has 6 nitrogen and oxygen atoms in total. The number of benzene rings is 2. The summed E-state index contributed by atoms with van der Waals surface area (Å²) in [4.78, 5) is 23.2. The molecule has 2 rings (SSSR count). The maximum Gasteiger partial charge on any atom is 0.333 e. The number of nitrogens with one attached hydrogen (secondary N) is 3. The molecule has 2 aromatic carbocycles. The molecule has 0 aromatic heterocycles. The Kier molecular flexibility index (Phi) is 5.37. The molecule has 0 aliphatic carbocycles. The quantitative estimate of drug-likeness (QED) is 0.733. The van der Waals surface area contributed by atoms with Crippen LogP contribution in [-0.4, -0.2) is 19.0 Å². The summed E-state index contributed by atoms with van der Waals surface area (Å²) < 4.78 is 6.59. The topological polar surface area (TPSA) is 79.5 Å². The van der Waals surface area contributed by atoms with Crippen LogP contribution in [0, 0.1) is 0 Å². The summed E-state index contributed by atoms with van der Waals surface area (Å²) in [5.41, 5.74) is 4.82. The van der Waals surface area contributed by atoms with E-state index in [1.807, 2.05) is 12.1 Å². The van der Waals surface area contributed by atoms with E-state index in [1.54, 1.807) is 36.4 Å². The minimum absolute atomic E-state index is 0.305. The van der Waals surface area contributed by atoms with E-state index in [4.69, 9.17) is 4.74 Å². The molecule has 0 aliphatic rings. The first-order valence-corrected chi connectivity index (χ1v) is 7.20. The molecule has 0 heterocycles. The van der Waals surface area contributed by atoms with Crippen LogP contribution in [0.15, 0.2) is 53.0 Å². The van der Waals surface area contributed by atoms with E-state index < -0.39 is 11.9 Å². The minimum atomic E-state index is -0.515. The monoisotopic (exact) mass is 363 g/mol. The molecule has 3 N–H and O–H groups in total. The second kappa shape index (κ2) is 7.46. The molecule has 0 atom stereocenters. The smallest absolute Gasteiger partial charge is 0.333 e. The number of amides is 3. The Labute approximate surface area is 136 Å². The number of rotatable bonds is 3. The van der Waals surface area contributed by atoms with E-state index in [0.29, 0.717) is 17.1 Å². The van der Waals surface area contributed by atoms with E-state index in [9.17, 15) is 9.59 Å². The van der Waals surface area contributed by atoms with Crippen molar-refractivity contribution in [2.75, 3.05) is 7.05 Å². The van der Waals surface area contributed by atoms with Crippen molar-refractivity contribution in [1.82, 2.24) is 16.2 Å². The Bertz CT molecular complexity index is 691. The maximum absolute atomic E-state index is 12.1. The molecule has 0 fully saturated rings. The first-order valence-electron chi connectivity index (χ1n) is 6.40. The summed E-state index contributed by atoms with van der Waals surface area (Å²) in [5, 5.41) is 2.33. The van der Waals surface area contributed by atoms with Crippen molar-refractivity contribution >= 4 is 27.9 Å². The predicted octanol–water partition coefficient (Wildman–Crippen LogP) is 2.82. The second-order valence-electron chi connectivity index (χ2n) is 4.21. The zero-order valence-electron chi connectivity index (χ0n) is 11.7. The van der Waals surface area contributed by atoms with Crippen molar-refractivity contribution in [3.63, 3.8) is 0 Å². The molecular formula is C15H14BrN3O3. The molecule has 0 unspecified atom stereocenters. The molecule has 0 saturated heterocycles. The van der Waals surface area contributed by atoms with Crippen LogP contribution in [0.4, 0.5) is 4.79 Å². The molecule has 7 heteroatoms. The van der Waals surface area contributed by atoms with E-state index in [0.717, 1.165) is 4.47 Å². The molecule has 0 spiro atoms. The molecular weight excluding hydrogens is 350 g/mol. The highest BCUT2D eigenvalue weighted by Gasteiger charge is 2.13. The Morgan fingerprint density at radius 3 is 2.55 bits per heavy atom. The molecule has 0 radical (unpaired) electrons. The lowest BCUT2D eigenvalue weighted by Crippen LogP contribution is -2.45. The van der Waals surface area contributed by atoms with Crippen molar-refractivity contribution in [2.45, 2.75) is 0 Å². The molecule has 114 valence electrons. The van der Waals surface area contributed by atoms with Crippen LogP contribution in [0.1, 0.15) is 10.4 Å². The van der Waals surface area contributed by atoms with Crippen LogP contribution in [0.5, 0.6) is 11.5 Å². The average molecular weight is 364 g/mol. The largest absolute Gasteiger partial charge is 0.456 e. The van der Waals surface area contributed by atoms with Gasteiger partial charge in [0.25, 0.3) is 5.91 Å². The Morgan fingerprint density at radius 2 is 1.82 bits per heavy atom. The lowest BCUT2D eigenvalue weighted by Gasteiger charge is -2.12. The maximum atomic E-state index is 12.1. The number of hydrogen-bond acceptors (Lipinski definition) is 3. The van der Waals surface area contributed by atoms with Crippen LogP contribution in [0.3, 0.4) is 0 Å². The fourth-order valence-electron chi connectivity index (χ4n) is 1.64. The standard InChI is InChI=1S/C15H14BrN3O3/c1-17-15(21)19-18-14(20)12-7-2-3-8-13(12)22-11-6-4-5-10(16)9-11/h2-9H,1H3,(H,18,20)(H2,17,19,21). The van der Waals surface area contributed by atoms with Gasteiger partial charge in [-0.1, -0.05) is 34.1 Å². The zero-order chi connectivity index (χ0) is 15.9. The van der Waals surface area contributed by atoms with Gasteiger partial charge in [-0.25, -0.2) is 10.2 Å². The van der Waals surface area contributed by atoms with Gasteiger partial charge in [0.15, 0.2) is 0 Å². The molecule has 0 saturated carbocycles. The van der Waals surface area contributed by atoms with E-state index in [1.165, 1.54) is 7.05 Å². The lowest BCUT2D eigenvalue weighted by molar-refractivity contribution is 0.0934. The summed E-state index contributed by atoms with van der Waals surface area (Å²) in [6.45, 7) is 0. The molecule has 0 aliphatic heterocycles. The van der Waals surface area contributed by atoms with Gasteiger partial charge >= 0.3 is 6.03 Å². The van der Waals surface area contributed by atoms with Gasteiger partial charge in [-0.2, -0.15) is 0 Å². The van der Waals surface area contributed by atoms with Gasteiger partial charge in [0.2, 0.25) is 0 Å². The van der Waals surface area contributed by atoms with Gasteiger partial charge < -0.3 is 10.1 Å². The van der Waals surface area contributed by atoms with Crippen LogP contribution in [0.2, 0.25) is 0 Å². The molecule has 22 heavy (non-hydrogen) atoms. The van der Waals surface area contributed by atoms with Crippen molar-refractivity contribution < 1.29 is 14.3 Å². The normalized spacial score (nSPS) is 9.73. The number of urea groups is 1. The second-order valence-corrected chi connectivity index (χ2v) is 5.13. The van der Waals surface area contributed by atoms with Gasteiger partial charge in [0.1, 0.15) is 11.5 Å². The van der Waals surface area contributed by atoms with E-state index >= 15 is 0 Å². The molecule has 3 amide bonds. The third-order valence-corrected chi connectivity index (χ3v) is 3.17. The van der Waals surface area contributed by atoms with Gasteiger partial charge in [-0.05, 0) is 30.3 Å². The highest BCUT2D eigenvalue weighted by molar-refractivity contribution is 9.10. The van der Waals surface area contributed by atoms with E-state index in [-0.39, 0.29) is 0 Å². The lowest BCUT2D eigenvalue weighted by atomic mass is 10.2. The number of ether oxygens (including phenoxy) is 1. The summed E-state index contributed by atoms with van der Waals surface area (Å²) >= 11 is 3.36.